The molecule has 17 heavy (non-hydrogen) atoms. The fourth-order valence-electron chi connectivity index (χ4n) is 1.31. The number of aliphatic hydroxyl groups excluding tert-OH is 1. The Bertz CT molecular complexity index is 174. The molecule has 4 atom stereocenters. The molecule has 0 aliphatic rings. The topological polar surface area (TPSA) is 57.2 Å². The van der Waals surface area contributed by atoms with Crippen molar-refractivity contribution < 1.29 is 24.1 Å². The first-order chi connectivity index (χ1) is 7.95. The van der Waals surface area contributed by atoms with E-state index in [-0.39, 0.29) is 6.29 Å². The molecule has 0 aromatic rings. The van der Waals surface area contributed by atoms with Crippen molar-refractivity contribution in [3.05, 3.63) is 0 Å². The quantitative estimate of drug-likeness (QED) is 0.476. The number of hydrogen-bond acceptors (Lipinski definition) is 5. The van der Waals surface area contributed by atoms with E-state index in [1.165, 1.54) is 6.92 Å². The highest BCUT2D eigenvalue weighted by Crippen LogP contribution is 2.07. The molecule has 0 aromatic heterocycles. The van der Waals surface area contributed by atoms with Crippen molar-refractivity contribution in [3.8, 4) is 0 Å². The number of aliphatic hydroxyl groups is 1. The van der Waals surface area contributed by atoms with Gasteiger partial charge in [-0.25, -0.2) is 0 Å². The van der Waals surface area contributed by atoms with Crippen molar-refractivity contribution >= 4 is 0 Å². The van der Waals surface area contributed by atoms with E-state index >= 15 is 0 Å². The van der Waals surface area contributed by atoms with Gasteiger partial charge in [-0.05, 0) is 34.1 Å². The molecule has 0 spiro atoms. The van der Waals surface area contributed by atoms with Gasteiger partial charge in [-0.1, -0.05) is 13.3 Å². The molecule has 0 saturated heterocycles. The van der Waals surface area contributed by atoms with Gasteiger partial charge < -0.3 is 24.1 Å². The third-order valence-corrected chi connectivity index (χ3v) is 2.01. The van der Waals surface area contributed by atoms with Crippen LogP contribution in [0.3, 0.4) is 0 Å². The molecule has 1 N–H and O–H groups in total. The maximum Gasteiger partial charge on any atom is 0.161 e. The smallest absolute Gasteiger partial charge is 0.161 e. The standard InChI is InChI=1S/C12H26O5/c1-6-7-8-14-10(3)16-12(5)17-11(4)15-9(2)13/h9-13H,6-8H2,1-5H3. The Labute approximate surface area is 104 Å². The van der Waals surface area contributed by atoms with Gasteiger partial charge >= 0.3 is 0 Å². The van der Waals surface area contributed by atoms with E-state index in [0.717, 1.165) is 12.8 Å². The molecule has 0 aromatic carbocycles. The van der Waals surface area contributed by atoms with Crippen molar-refractivity contribution in [1.29, 1.82) is 0 Å². The molecule has 0 saturated carbocycles. The van der Waals surface area contributed by atoms with Crippen LogP contribution in [-0.2, 0) is 18.9 Å². The van der Waals surface area contributed by atoms with Gasteiger partial charge in [-0.3, -0.25) is 0 Å². The van der Waals surface area contributed by atoms with Crippen LogP contribution < -0.4 is 0 Å². The van der Waals surface area contributed by atoms with Crippen LogP contribution in [0.2, 0.25) is 0 Å². The van der Waals surface area contributed by atoms with Crippen LogP contribution in [0.4, 0.5) is 0 Å². The zero-order chi connectivity index (χ0) is 13.3. The Balaban J connectivity index is 3.65. The summed E-state index contributed by atoms with van der Waals surface area (Å²) in [6, 6.07) is 0. The van der Waals surface area contributed by atoms with Crippen LogP contribution in [0, 0.1) is 0 Å². The molecule has 0 bridgehead atoms. The molecule has 0 radical (unpaired) electrons. The van der Waals surface area contributed by atoms with Gasteiger partial charge in [0.05, 0.1) is 0 Å². The van der Waals surface area contributed by atoms with Crippen LogP contribution in [-0.4, -0.2) is 36.9 Å². The third-order valence-electron chi connectivity index (χ3n) is 2.01. The Kier molecular flexibility index (Phi) is 9.68. The average molecular weight is 250 g/mol. The molecule has 0 aliphatic heterocycles. The molecule has 0 amide bonds. The van der Waals surface area contributed by atoms with Crippen molar-refractivity contribution in [1.82, 2.24) is 0 Å². The molecule has 4 unspecified atom stereocenters. The second-order valence-electron chi connectivity index (χ2n) is 3.93. The summed E-state index contributed by atoms with van der Waals surface area (Å²) in [5.74, 6) is 0. The largest absolute Gasteiger partial charge is 0.368 e. The maximum absolute atomic E-state index is 8.99. The van der Waals surface area contributed by atoms with E-state index in [2.05, 4.69) is 6.92 Å². The van der Waals surface area contributed by atoms with E-state index in [9.17, 15) is 0 Å². The monoisotopic (exact) mass is 250 g/mol. The lowest BCUT2D eigenvalue weighted by atomic mass is 10.4. The lowest BCUT2D eigenvalue weighted by Crippen LogP contribution is -2.28. The molecule has 5 heteroatoms. The molecule has 0 aliphatic carbocycles. The highest BCUT2D eigenvalue weighted by atomic mass is 16.8. The molecule has 0 rings (SSSR count). The summed E-state index contributed by atoms with van der Waals surface area (Å²) >= 11 is 0. The maximum atomic E-state index is 8.99. The third kappa shape index (κ3) is 10.7. The number of ether oxygens (including phenoxy) is 4. The number of rotatable bonds is 10. The van der Waals surface area contributed by atoms with Crippen LogP contribution in [0.25, 0.3) is 0 Å². The zero-order valence-corrected chi connectivity index (χ0v) is 11.5. The average Bonchev–Trinajstić information content (AvgIpc) is 2.15. The first kappa shape index (κ1) is 16.8. The van der Waals surface area contributed by atoms with Crippen molar-refractivity contribution in [2.75, 3.05) is 6.61 Å². The summed E-state index contributed by atoms with van der Waals surface area (Å²) in [5.41, 5.74) is 0. The van der Waals surface area contributed by atoms with Crippen LogP contribution in [0.15, 0.2) is 0 Å². The highest BCUT2D eigenvalue weighted by molar-refractivity contribution is 4.40. The summed E-state index contributed by atoms with van der Waals surface area (Å²) in [7, 11) is 0. The van der Waals surface area contributed by atoms with Crippen molar-refractivity contribution in [3.63, 3.8) is 0 Å². The molecule has 104 valence electrons. The number of hydrogen-bond donors (Lipinski definition) is 1. The minimum atomic E-state index is -0.851. The summed E-state index contributed by atoms with van der Waals surface area (Å²) in [6.07, 6.45) is -0.0124. The van der Waals surface area contributed by atoms with Gasteiger partial charge in [0, 0.05) is 6.61 Å². The summed E-state index contributed by atoms with van der Waals surface area (Å²) < 4.78 is 21.2. The van der Waals surface area contributed by atoms with Crippen LogP contribution >= 0.6 is 0 Å². The summed E-state index contributed by atoms with van der Waals surface area (Å²) in [5, 5.41) is 8.99. The van der Waals surface area contributed by atoms with Crippen LogP contribution in [0.1, 0.15) is 47.5 Å². The zero-order valence-electron chi connectivity index (χ0n) is 11.5. The Morgan fingerprint density at radius 3 is 1.94 bits per heavy atom. The first-order valence-corrected chi connectivity index (χ1v) is 6.21. The minimum absolute atomic E-state index is 0.310. The van der Waals surface area contributed by atoms with Gasteiger partial charge in [0.25, 0.3) is 0 Å². The highest BCUT2D eigenvalue weighted by Gasteiger charge is 2.14. The second-order valence-corrected chi connectivity index (χ2v) is 3.93. The summed E-state index contributed by atoms with van der Waals surface area (Å²) in [4.78, 5) is 0. The molecule has 0 heterocycles. The minimum Gasteiger partial charge on any atom is -0.368 e. The van der Waals surface area contributed by atoms with Gasteiger partial charge in [-0.2, -0.15) is 0 Å². The molecular weight excluding hydrogens is 224 g/mol. The van der Waals surface area contributed by atoms with E-state index in [1.54, 1.807) is 13.8 Å². The van der Waals surface area contributed by atoms with E-state index in [0.29, 0.717) is 6.61 Å². The molecule has 0 fully saturated rings. The Morgan fingerprint density at radius 2 is 1.41 bits per heavy atom. The van der Waals surface area contributed by atoms with E-state index in [1.807, 2.05) is 6.92 Å². The normalized spacial score (nSPS) is 18.7. The van der Waals surface area contributed by atoms with Crippen LogP contribution in [0.5, 0.6) is 0 Å². The fourth-order valence-corrected chi connectivity index (χ4v) is 1.31. The molecular formula is C12H26O5. The fraction of sp³-hybridized carbons (Fsp3) is 1.00. The lowest BCUT2D eigenvalue weighted by Gasteiger charge is -2.23. The van der Waals surface area contributed by atoms with Crippen molar-refractivity contribution in [2.24, 2.45) is 0 Å². The second kappa shape index (κ2) is 9.79. The van der Waals surface area contributed by atoms with Gasteiger partial charge in [0.15, 0.2) is 25.2 Å². The van der Waals surface area contributed by atoms with Gasteiger partial charge in [-0.15, -0.1) is 0 Å². The Morgan fingerprint density at radius 1 is 0.882 bits per heavy atom. The SMILES string of the molecule is CCCCOC(C)OC(C)OC(C)OC(C)O. The van der Waals surface area contributed by atoms with E-state index in [4.69, 9.17) is 24.1 Å². The van der Waals surface area contributed by atoms with Gasteiger partial charge in [0.2, 0.25) is 0 Å². The van der Waals surface area contributed by atoms with Gasteiger partial charge in [0.1, 0.15) is 0 Å². The molecule has 5 nitrogen and oxygen atoms in total. The first-order valence-electron chi connectivity index (χ1n) is 6.21. The lowest BCUT2D eigenvalue weighted by molar-refractivity contribution is -0.300. The predicted molar refractivity (Wildman–Crippen MR) is 64.2 cm³/mol. The summed E-state index contributed by atoms with van der Waals surface area (Å²) in [6.45, 7) is 9.62. The van der Waals surface area contributed by atoms with E-state index < -0.39 is 18.9 Å². The predicted octanol–water partition coefficient (Wildman–Crippen LogP) is 2.23. The number of unbranched alkanes of at least 4 members (excludes halogenated alkanes) is 1. The Hall–Kier alpha value is -0.200. The van der Waals surface area contributed by atoms with Crippen molar-refractivity contribution in [2.45, 2.75) is 72.6 Å².